The zero-order valence-electron chi connectivity index (χ0n) is 16.0. The third-order valence-electron chi connectivity index (χ3n) is 5.08. The molecular formula is C18H18F3N7O3. The minimum Gasteiger partial charge on any atom is -0.394 e. The van der Waals surface area contributed by atoms with E-state index in [1.54, 1.807) is 11.4 Å². The normalized spacial score (nSPS) is 18.4. The van der Waals surface area contributed by atoms with E-state index >= 15 is 0 Å². The molecule has 2 aliphatic rings. The number of halogens is 3. The standard InChI is InChI=1S/C18H18F3N7O3/c19-18(20,21)13(9-29)25-16(30)11-1-2-12-15(24-11)28(10-3-6-27(12)8-10)17(31)26-14-7-22-4-5-23-14/h1-2,4-5,7,10,13,29H,3,6,8-9H2,(H,25,30)(H,23,26,31)/t10-,13-/m0/s1. The number of hydrogen-bond donors (Lipinski definition) is 3. The number of nitrogens with zero attached hydrogens (tertiary/aromatic N) is 5. The molecule has 0 spiro atoms. The molecule has 0 unspecified atom stereocenters. The van der Waals surface area contributed by atoms with Crippen LogP contribution >= 0.6 is 0 Å². The first-order valence-corrected chi connectivity index (χ1v) is 9.38. The maximum atomic E-state index is 13.0. The fourth-order valence-electron chi connectivity index (χ4n) is 3.59. The molecule has 0 aromatic carbocycles. The van der Waals surface area contributed by atoms with Crippen LogP contribution in [0.25, 0.3) is 0 Å². The van der Waals surface area contributed by atoms with Gasteiger partial charge in [-0.15, -0.1) is 0 Å². The van der Waals surface area contributed by atoms with Gasteiger partial charge in [-0.2, -0.15) is 13.2 Å². The van der Waals surface area contributed by atoms with Crippen LogP contribution in [0.3, 0.4) is 0 Å². The van der Waals surface area contributed by atoms with Crippen molar-refractivity contribution in [1.29, 1.82) is 0 Å². The van der Waals surface area contributed by atoms with Gasteiger partial charge in [0.25, 0.3) is 5.91 Å². The predicted octanol–water partition coefficient (Wildman–Crippen LogP) is 1.16. The number of carbonyl (C=O) groups excluding carboxylic acids is 2. The quantitative estimate of drug-likeness (QED) is 0.656. The smallest absolute Gasteiger partial charge is 0.394 e. The van der Waals surface area contributed by atoms with Crippen LogP contribution in [0.5, 0.6) is 0 Å². The van der Waals surface area contributed by atoms with E-state index in [1.165, 1.54) is 29.6 Å². The summed E-state index contributed by atoms with van der Waals surface area (Å²) in [4.78, 5) is 40.8. The van der Waals surface area contributed by atoms with Gasteiger partial charge in [-0.3, -0.25) is 20.0 Å². The first-order chi connectivity index (χ1) is 14.8. The molecular weight excluding hydrogens is 419 g/mol. The highest BCUT2D eigenvalue weighted by atomic mass is 19.4. The van der Waals surface area contributed by atoms with E-state index in [9.17, 15) is 22.8 Å². The fourth-order valence-corrected chi connectivity index (χ4v) is 3.59. The van der Waals surface area contributed by atoms with E-state index in [2.05, 4.69) is 20.3 Å². The number of aliphatic hydroxyl groups is 1. The Hall–Kier alpha value is -3.48. The lowest BCUT2D eigenvalue weighted by Gasteiger charge is -2.35. The van der Waals surface area contributed by atoms with E-state index in [-0.39, 0.29) is 23.4 Å². The fraction of sp³-hybridized carbons (Fsp3) is 0.389. The zero-order valence-corrected chi connectivity index (χ0v) is 16.0. The minimum absolute atomic E-state index is 0.162. The molecule has 2 aliphatic heterocycles. The van der Waals surface area contributed by atoms with Crippen LogP contribution < -0.4 is 20.4 Å². The molecule has 2 aromatic heterocycles. The second-order valence-electron chi connectivity index (χ2n) is 7.07. The summed E-state index contributed by atoms with van der Waals surface area (Å²) in [6, 6.07) is -0.356. The van der Waals surface area contributed by atoms with Crippen LogP contribution in [0.2, 0.25) is 0 Å². The number of anilines is 3. The summed E-state index contributed by atoms with van der Waals surface area (Å²) in [6.07, 6.45) is 0.0788. The zero-order chi connectivity index (χ0) is 22.2. The van der Waals surface area contributed by atoms with Gasteiger partial charge >= 0.3 is 12.2 Å². The van der Waals surface area contributed by atoms with Crippen molar-refractivity contribution in [3.63, 3.8) is 0 Å². The monoisotopic (exact) mass is 437 g/mol. The van der Waals surface area contributed by atoms with Crippen LogP contribution in [0, 0.1) is 0 Å². The SMILES string of the molecule is O=C(N[C@@H](CO)C(F)(F)F)c1ccc2c(n1)N(C(=O)Nc1cnccn1)[C@H]1CCN2C1. The van der Waals surface area contributed by atoms with E-state index in [4.69, 9.17) is 5.11 Å². The first-order valence-electron chi connectivity index (χ1n) is 9.38. The molecule has 2 bridgehead atoms. The van der Waals surface area contributed by atoms with Gasteiger partial charge in [-0.1, -0.05) is 0 Å². The largest absolute Gasteiger partial charge is 0.410 e. The maximum absolute atomic E-state index is 13.0. The molecule has 0 radical (unpaired) electrons. The van der Waals surface area contributed by atoms with Crippen molar-refractivity contribution < 1.29 is 27.9 Å². The highest BCUT2D eigenvalue weighted by Gasteiger charge is 2.42. The average molecular weight is 437 g/mol. The Bertz CT molecular complexity index is 989. The van der Waals surface area contributed by atoms with Gasteiger partial charge in [-0.25, -0.2) is 14.8 Å². The van der Waals surface area contributed by atoms with Crippen molar-refractivity contribution in [2.24, 2.45) is 0 Å². The molecule has 4 rings (SSSR count). The molecule has 31 heavy (non-hydrogen) atoms. The summed E-state index contributed by atoms with van der Waals surface area (Å²) in [5.74, 6) is -0.726. The lowest BCUT2D eigenvalue weighted by atomic mass is 10.1. The van der Waals surface area contributed by atoms with E-state index in [1.807, 2.05) is 4.90 Å². The van der Waals surface area contributed by atoms with Gasteiger partial charge in [-0.05, 0) is 18.6 Å². The molecule has 3 N–H and O–H groups in total. The number of nitrogens with one attached hydrogen (secondary N) is 2. The molecule has 4 heterocycles. The third kappa shape index (κ3) is 4.08. The van der Waals surface area contributed by atoms with Crippen LogP contribution in [0.4, 0.5) is 35.3 Å². The van der Waals surface area contributed by atoms with Crippen molar-refractivity contribution >= 4 is 29.3 Å². The van der Waals surface area contributed by atoms with Crippen molar-refractivity contribution in [2.45, 2.75) is 24.7 Å². The molecule has 13 heteroatoms. The Balaban J connectivity index is 1.63. The minimum atomic E-state index is -4.81. The van der Waals surface area contributed by atoms with Crippen molar-refractivity contribution in [3.05, 3.63) is 36.4 Å². The number of rotatable bonds is 4. The van der Waals surface area contributed by atoms with Crippen molar-refractivity contribution in [1.82, 2.24) is 20.3 Å². The van der Waals surface area contributed by atoms with Crippen LogP contribution in [-0.2, 0) is 0 Å². The van der Waals surface area contributed by atoms with Gasteiger partial charge in [0.2, 0.25) is 0 Å². The Labute approximate surface area is 174 Å². The molecule has 10 nitrogen and oxygen atoms in total. The lowest BCUT2D eigenvalue weighted by molar-refractivity contribution is -0.161. The summed E-state index contributed by atoms with van der Waals surface area (Å²) in [5.41, 5.74) is 0.287. The summed E-state index contributed by atoms with van der Waals surface area (Å²) in [5, 5.41) is 13.3. The van der Waals surface area contributed by atoms with E-state index in [0.717, 1.165) is 0 Å². The number of pyridine rings is 1. The number of urea groups is 1. The first kappa shape index (κ1) is 20.8. The number of aliphatic hydroxyl groups excluding tert-OH is 1. The molecule has 2 atom stereocenters. The number of fused-ring (bicyclic) bond motifs is 4. The van der Waals surface area contributed by atoms with Crippen molar-refractivity contribution in [2.75, 3.05) is 34.8 Å². The Kier molecular flexibility index (Phi) is 5.35. The predicted molar refractivity (Wildman–Crippen MR) is 103 cm³/mol. The second-order valence-corrected chi connectivity index (χ2v) is 7.07. The van der Waals surface area contributed by atoms with Gasteiger partial charge in [0.15, 0.2) is 11.6 Å². The summed E-state index contributed by atoms with van der Waals surface area (Å²) in [6.45, 7) is -0.0715. The van der Waals surface area contributed by atoms with Gasteiger partial charge in [0.05, 0.1) is 24.5 Å². The highest BCUT2D eigenvalue weighted by molar-refractivity contribution is 6.04. The molecule has 0 aliphatic carbocycles. The van der Waals surface area contributed by atoms with Gasteiger partial charge in [0.1, 0.15) is 11.7 Å². The molecule has 164 valence electrons. The Morgan fingerprint density at radius 1 is 1.29 bits per heavy atom. The van der Waals surface area contributed by atoms with Gasteiger partial charge in [0, 0.05) is 25.5 Å². The summed E-state index contributed by atoms with van der Waals surface area (Å²) in [7, 11) is 0. The van der Waals surface area contributed by atoms with Gasteiger partial charge < -0.3 is 15.3 Å². The van der Waals surface area contributed by atoms with Crippen LogP contribution in [-0.4, -0.2) is 70.0 Å². The molecule has 0 saturated carbocycles. The molecule has 2 aromatic rings. The van der Waals surface area contributed by atoms with E-state index in [0.29, 0.717) is 25.2 Å². The second kappa shape index (κ2) is 7.98. The number of alkyl halides is 3. The number of amides is 3. The Morgan fingerprint density at radius 3 is 2.77 bits per heavy atom. The maximum Gasteiger partial charge on any atom is 0.410 e. The van der Waals surface area contributed by atoms with Crippen molar-refractivity contribution in [3.8, 4) is 0 Å². The summed E-state index contributed by atoms with van der Waals surface area (Å²) < 4.78 is 38.6. The topological polar surface area (TPSA) is 124 Å². The molecule has 1 saturated heterocycles. The summed E-state index contributed by atoms with van der Waals surface area (Å²) >= 11 is 0. The lowest BCUT2D eigenvalue weighted by Crippen LogP contribution is -2.49. The number of hydrogen-bond acceptors (Lipinski definition) is 7. The number of aromatic nitrogens is 3. The van der Waals surface area contributed by atoms with E-state index < -0.39 is 30.8 Å². The molecule has 1 fully saturated rings. The third-order valence-corrected chi connectivity index (χ3v) is 5.08. The van der Waals surface area contributed by atoms with Crippen LogP contribution in [0.15, 0.2) is 30.7 Å². The number of carbonyl (C=O) groups is 2. The highest BCUT2D eigenvalue weighted by Crippen LogP contribution is 2.39. The van der Waals surface area contributed by atoms with Crippen LogP contribution in [0.1, 0.15) is 16.9 Å². The average Bonchev–Trinajstić information content (AvgIpc) is 3.15. The molecule has 3 amide bonds. The Morgan fingerprint density at radius 2 is 2.10 bits per heavy atom.